The van der Waals surface area contributed by atoms with Gasteiger partial charge in [0.15, 0.2) is 0 Å². The Labute approximate surface area is 76.9 Å². The van der Waals surface area contributed by atoms with Crippen LogP contribution in [0.5, 0.6) is 0 Å². The molecule has 3 heteroatoms. The molecule has 0 bridgehead atoms. The van der Waals surface area contributed by atoms with E-state index in [1.807, 2.05) is 19.1 Å². The van der Waals surface area contributed by atoms with Gasteiger partial charge < -0.3 is 11.1 Å². The molecule has 68 valence electrons. The molecule has 1 aromatic rings. The van der Waals surface area contributed by atoms with Gasteiger partial charge in [0.25, 0.3) is 0 Å². The van der Waals surface area contributed by atoms with Crippen molar-refractivity contribution in [2.75, 3.05) is 11.1 Å². The van der Waals surface area contributed by atoms with E-state index in [0.717, 1.165) is 28.9 Å². The summed E-state index contributed by atoms with van der Waals surface area (Å²) in [5.41, 5.74) is 9.64. The summed E-state index contributed by atoms with van der Waals surface area (Å²) in [7, 11) is 0. The molecule has 13 heavy (non-hydrogen) atoms. The van der Waals surface area contributed by atoms with Gasteiger partial charge in [-0.1, -0.05) is 0 Å². The second kappa shape index (κ2) is 2.76. The third kappa shape index (κ3) is 1.37. The van der Waals surface area contributed by atoms with Crippen LogP contribution in [0.4, 0.5) is 11.4 Å². The minimum Gasteiger partial charge on any atom is -0.399 e. The second-order valence-electron chi connectivity index (χ2n) is 3.41. The maximum absolute atomic E-state index is 11.1. The Balaban J connectivity index is 2.49. The van der Waals surface area contributed by atoms with Crippen molar-refractivity contribution in [3.63, 3.8) is 0 Å². The molecule has 1 amide bonds. The lowest BCUT2D eigenvalue weighted by molar-refractivity contribution is -0.116. The molecule has 0 radical (unpaired) electrons. The van der Waals surface area contributed by atoms with Crippen molar-refractivity contribution in [1.29, 1.82) is 0 Å². The fraction of sp³-hybridized carbons (Fsp3) is 0.300. The van der Waals surface area contributed by atoms with Gasteiger partial charge in [-0.05, 0) is 36.6 Å². The van der Waals surface area contributed by atoms with Crippen molar-refractivity contribution in [1.82, 2.24) is 0 Å². The van der Waals surface area contributed by atoms with Crippen LogP contribution in [0.2, 0.25) is 0 Å². The maximum Gasteiger partial charge on any atom is 0.224 e. The first-order valence-electron chi connectivity index (χ1n) is 4.35. The number of carbonyl (C=O) groups excluding carboxylic acids is 1. The van der Waals surface area contributed by atoms with Crippen LogP contribution in [-0.4, -0.2) is 5.91 Å². The quantitative estimate of drug-likeness (QED) is 0.588. The van der Waals surface area contributed by atoms with E-state index in [2.05, 4.69) is 5.32 Å². The molecule has 0 aliphatic carbocycles. The number of aryl methyl sites for hydroxylation is 2. The number of hydrogen-bond acceptors (Lipinski definition) is 2. The highest BCUT2D eigenvalue weighted by Crippen LogP contribution is 2.27. The average Bonchev–Trinajstić information content (AvgIpc) is 2.08. The Morgan fingerprint density at radius 2 is 2.15 bits per heavy atom. The summed E-state index contributed by atoms with van der Waals surface area (Å²) in [6.07, 6.45) is 1.36. The third-order valence-electron chi connectivity index (χ3n) is 2.39. The molecular formula is C10H12N2O. The molecule has 0 saturated carbocycles. The smallest absolute Gasteiger partial charge is 0.224 e. The van der Waals surface area contributed by atoms with E-state index in [1.54, 1.807) is 0 Å². The zero-order valence-corrected chi connectivity index (χ0v) is 7.55. The van der Waals surface area contributed by atoms with Crippen LogP contribution in [0, 0.1) is 6.92 Å². The highest BCUT2D eigenvalue weighted by Gasteiger charge is 2.15. The van der Waals surface area contributed by atoms with E-state index in [0.29, 0.717) is 6.42 Å². The van der Waals surface area contributed by atoms with Crippen molar-refractivity contribution < 1.29 is 4.79 Å². The molecule has 3 nitrogen and oxygen atoms in total. The maximum atomic E-state index is 11.1. The number of anilines is 2. The highest BCUT2D eigenvalue weighted by atomic mass is 16.1. The zero-order chi connectivity index (χ0) is 9.42. The third-order valence-corrected chi connectivity index (χ3v) is 2.39. The van der Waals surface area contributed by atoms with E-state index in [1.165, 1.54) is 0 Å². The van der Waals surface area contributed by atoms with Crippen LogP contribution in [0.1, 0.15) is 17.5 Å². The van der Waals surface area contributed by atoms with Gasteiger partial charge in [-0.25, -0.2) is 0 Å². The van der Waals surface area contributed by atoms with Gasteiger partial charge in [0, 0.05) is 17.8 Å². The van der Waals surface area contributed by atoms with Crippen LogP contribution in [-0.2, 0) is 11.2 Å². The predicted molar refractivity (Wildman–Crippen MR) is 52.5 cm³/mol. The largest absolute Gasteiger partial charge is 0.399 e. The number of hydrogen-bond donors (Lipinski definition) is 2. The van der Waals surface area contributed by atoms with Crippen LogP contribution in [0.25, 0.3) is 0 Å². The van der Waals surface area contributed by atoms with Gasteiger partial charge in [-0.2, -0.15) is 0 Å². The molecule has 1 aromatic carbocycles. The summed E-state index contributed by atoms with van der Waals surface area (Å²) in [5, 5.41) is 2.83. The lowest BCUT2D eigenvalue weighted by Crippen LogP contribution is -2.19. The Morgan fingerprint density at radius 1 is 1.38 bits per heavy atom. The summed E-state index contributed by atoms with van der Waals surface area (Å²) < 4.78 is 0. The monoisotopic (exact) mass is 176 g/mol. The summed E-state index contributed by atoms with van der Waals surface area (Å²) in [5.74, 6) is 0.0941. The fourth-order valence-electron chi connectivity index (χ4n) is 1.56. The summed E-state index contributed by atoms with van der Waals surface area (Å²) in [6.45, 7) is 1.94. The Kier molecular flexibility index (Phi) is 1.72. The molecule has 0 unspecified atom stereocenters. The van der Waals surface area contributed by atoms with Gasteiger partial charge in [-0.15, -0.1) is 0 Å². The van der Waals surface area contributed by atoms with E-state index in [-0.39, 0.29) is 5.91 Å². The van der Waals surface area contributed by atoms with Gasteiger partial charge >= 0.3 is 0 Å². The van der Waals surface area contributed by atoms with E-state index >= 15 is 0 Å². The first-order chi connectivity index (χ1) is 6.16. The van der Waals surface area contributed by atoms with Crippen molar-refractivity contribution in [3.05, 3.63) is 23.3 Å². The van der Waals surface area contributed by atoms with Gasteiger partial charge in [-0.3, -0.25) is 4.79 Å². The van der Waals surface area contributed by atoms with Crippen LogP contribution < -0.4 is 11.1 Å². The minimum atomic E-state index is 0.0941. The molecule has 2 rings (SSSR count). The molecule has 1 aliphatic rings. The van der Waals surface area contributed by atoms with Crippen molar-refractivity contribution in [2.24, 2.45) is 0 Å². The van der Waals surface area contributed by atoms with Gasteiger partial charge in [0.1, 0.15) is 0 Å². The van der Waals surface area contributed by atoms with Gasteiger partial charge in [0.2, 0.25) is 5.91 Å². The number of nitrogens with one attached hydrogen (secondary N) is 1. The molecule has 0 fully saturated rings. The highest BCUT2D eigenvalue weighted by molar-refractivity contribution is 5.94. The number of benzene rings is 1. The summed E-state index contributed by atoms with van der Waals surface area (Å²) in [4.78, 5) is 11.1. The first kappa shape index (κ1) is 8.10. The van der Waals surface area contributed by atoms with Gasteiger partial charge in [0.05, 0.1) is 0 Å². The molecule has 3 N–H and O–H groups in total. The lowest BCUT2D eigenvalue weighted by Gasteiger charge is -2.18. The van der Waals surface area contributed by atoms with Crippen LogP contribution in [0.15, 0.2) is 12.1 Å². The number of nitrogen functional groups attached to an aromatic ring is 1. The van der Waals surface area contributed by atoms with Crippen molar-refractivity contribution in [3.8, 4) is 0 Å². The Morgan fingerprint density at radius 3 is 2.92 bits per heavy atom. The second-order valence-corrected chi connectivity index (χ2v) is 3.41. The zero-order valence-electron chi connectivity index (χ0n) is 7.55. The normalized spacial score (nSPS) is 15.0. The Bertz CT molecular complexity index is 371. The predicted octanol–water partition coefficient (Wildman–Crippen LogP) is 1.46. The lowest BCUT2D eigenvalue weighted by atomic mass is 10.00. The molecular weight excluding hydrogens is 164 g/mol. The van der Waals surface area contributed by atoms with E-state index in [9.17, 15) is 4.79 Å². The number of fused-ring (bicyclic) bond motifs is 1. The molecule has 0 saturated heterocycles. The SMILES string of the molecule is Cc1cc2c(cc1N)CCC(=O)N2. The average molecular weight is 176 g/mol. The number of rotatable bonds is 0. The molecule has 0 aromatic heterocycles. The number of carbonyl (C=O) groups is 1. The number of nitrogens with two attached hydrogens (primary N) is 1. The fourth-order valence-corrected chi connectivity index (χ4v) is 1.56. The van der Waals surface area contributed by atoms with Crippen LogP contribution >= 0.6 is 0 Å². The summed E-state index contributed by atoms with van der Waals surface area (Å²) in [6, 6.07) is 3.88. The van der Waals surface area contributed by atoms with Crippen molar-refractivity contribution >= 4 is 17.3 Å². The topological polar surface area (TPSA) is 55.1 Å². The summed E-state index contributed by atoms with van der Waals surface area (Å²) >= 11 is 0. The molecule has 1 heterocycles. The number of amides is 1. The minimum absolute atomic E-state index is 0.0941. The van der Waals surface area contributed by atoms with Crippen molar-refractivity contribution in [2.45, 2.75) is 19.8 Å². The Hall–Kier alpha value is -1.51. The molecule has 1 aliphatic heterocycles. The molecule has 0 atom stereocenters. The van der Waals surface area contributed by atoms with Crippen LogP contribution in [0.3, 0.4) is 0 Å². The van der Waals surface area contributed by atoms with E-state index in [4.69, 9.17) is 5.73 Å². The molecule has 0 spiro atoms. The first-order valence-corrected chi connectivity index (χ1v) is 4.35. The standard InChI is InChI=1S/C10H12N2O/c1-6-4-9-7(5-8(6)11)2-3-10(13)12-9/h4-5H,2-3,11H2,1H3,(H,12,13). The van der Waals surface area contributed by atoms with E-state index < -0.39 is 0 Å².